The summed E-state index contributed by atoms with van der Waals surface area (Å²) in [5, 5.41) is 0. The second kappa shape index (κ2) is 5.63. The number of cyclic esters (lactones) is 2. The SMILES string of the molecule is CCC1CCC(CN2CC(=O)OC(=O)C2)CC1. The van der Waals surface area contributed by atoms with Gasteiger partial charge in [0.15, 0.2) is 0 Å². The third-order valence-electron chi connectivity index (χ3n) is 3.99. The Bertz CT molecular complexity index is 279. The molecule has 4 nitrogen and oxygen atoms in total. The minimum absolute atomic E-state index is 0.277. The van der Waals surface area contributed by atoms with Crippen molar-refractivity contribution in [2.45, 2.75) is 39.0 Å². The van der Waals surface area contributed by atoms with Crippen LogP contribution in [0.5, 0.6) is 0 Å². The van der Waals surface area contributed by atoms with Crippen LogP contribution in [0.4, 0.5) is 0 Å². The Labute approximate surface area is 102 Å². The van der Waals surface area contributed by atoms with E-state index in [0.29, 0.717) is 5.92 Å². The van der Waals surface area contributed by atoms with Crippen molar-refractivity contribution in [2.75, 3.05) is 19.6 Å². The summed E-state index contributed by atoms with van der Waals surface area (Å²) in [6.07, 6.45) is 6.35. The molecule has 2 fully saturated rings. The molecule has 0 aromatic heterocycles. The summed E-state index contributed by atoms with van der Waals surface area (Å²) < 4.78 is 4.52. The molecule has 1 saturated heterocycles. The van der Waals surface area contributed by atoms with E-state index in [1.807, 2.05) is 4.90 Å². The molecule has 1 heterocycles. The minimum Gasteiger partial charge on any atom is -0.391 e. The lowest BCUT2D eigenvalue weighted by atomic mass is 9.80. The average molecular weight is 239 g/mol. The molecule has 1 aliphatic carbocycles. The number of esters is 2. The zero-order valence-electron chi connectivity index (χ0n) is 10.5. The van der Waals surface area contributed by atoms with Gasteiger partial charge >= 0.3 is 11.9 Å². The highest BCUT2D eigenvalue weighted by atomic mass is 16.6. The fraction of sp³-hybridized carbons (Fsp3) is 0.846. The van der Waals surface area contributed by atoms with E-state index in [0.717, 1.165) is 12.5 Å². The Hall–Kier alpha value is -0.900. The molecule has 0 atom stereocenters. The van der Waals surface area contributed by atoms with E-state index in [2.05, 4.69) is 11.7 Å². The van der Waals surface area contributed by atoms with Crippen molar-refractivity contribution >= 4 is 11.9 Å². The third-order valence-corrected chi connectivity index (χ3v) is 3.99. The van der Waals surface area contributed by atoms with Crippen LogP contribution in [0.3, 0.4) is 0 Å². The second-order valence-electron chi connectivity index (χ2n) is 5.31. The van der Waals surface area contributed by atoms with E-state index < -0.39 is 11.9 Å². The van der Waals surface area contributed by atoms with Crippen LogP contribution in [0, 0.1) is 11.8 Å². The zero-order chi connectivity index (χ0) is 12.3. The van der Waals surface area contributed by atoms with Gasteiger partial charge in [-0.15, -0.1) is 0 Å². The minimum atomic E-state index is -0.400. The Morgan fingerprint density at radius 3 is 2.12 bits per heavy atom. The molecular formula is C13H21NO3. The molecule has 0 amide bonds. The number of carbonyl (C=O) groups is 2. The van der Waals surface area contributed by atoms with Crippen LogP contribution in [-0.2, 0) is 14.3 Å². The predicted molar refractivity (Wildman–Crippen MR) is 63.3 cm³/mol. The maximum absolute atomic E-state index is 11.1. The highest BCUT2D eigenvalue weighted by molar-refractivity contribution is 5.90. The summed E-state index contributed by atoms with van der Waals surface area (Å²) in [6, 6.07) is 0. The molecule has 17 heavy (non-hydrogen) atoms. The molecule has 1 saturated carbocycles. The van der Waals surface area contributed by atoms with Gasteiger partial charge in [-0.05, 0) is 24.7 Å². The maximum Gasteiger partial charge on any atom is 0.327 e. The van der Waals surface area contributed by atoms with Gasteiger partial charge in [-0.3, -0.25) is 14.5 Å². The Balaban J connectivity index is 1.77. The lowest BCUT2D eigenvalue weighted by Crippen LogP contribution is -2.45. The average Bonchev–Trinajstić information content (AvgIpc) is 2.28. The molecule has 0 N–H and O–H groups in total. The van der Waals surface area contributed by atoms with Crippen molar-refractivity contribution in [1.82, 2.24) is 4.90 Å². The van der Waals surface area contributed by atoms with Crippen LogP contribution >= 0.6 is 0 Å². The highest BCUT2D eigenvalue weighted by Crippen LogP contribution is 2.31. The molecule has 2 rings (SSSR count). The fourth-order valence-electron chi connectivity index (χ4n) is 2.93. The molecule has 0 aromatic rings. The summed E-state index contributed by atoms with van der Waals surface area (Å²) in [4.78, 5) is 24.2. The quantitative estimate of drug-likeness (QED) is 0.554. The Morgan fingerprint density at radius 2 is 1.59 bits per heavy atom. The van der Waals surface area contributed by atoms with Gasteiger partial charge in [-0.1, -0.05) is 26.2 Å². The first-order valence-corrected chi connectivity index (χ1v) is 6.63. The molecule has 96 valence electrons. The Morgan fingerprint density at radius 1 is 1.06 bits per heavy atom. The predicted octanol–water partition coefficient (Wildman–Crippen LogP) is 1.59. The first-order valence-electron chi connectivity index (χ1n) is 6.63. The molecule has 2 aliphatic rings. The Kier molecular flexibility index (Phi) is 4.15. The van der Waals surface area contributed by atoms with Gasteiger partial charge in [0, 0.05) is 6.54 Å². The summed E-state index contributed by atoms with van der Waals surface area (Å²) in [5.74, 6) is 0.739. The van der Waals surface area contributed by atoms with E-state index in [-0.39, 0.29) is 13.1 Å². The number of morpholine rings is 1. The van der Waals surface area contributed by atoms with Crippen LogP contribution in [-0.4, -0.2) is 36.5 Å². The van der Waals surface area contributed by atoms with Crippen LogP contribution < -0.4 is 0 Å². The van der Waals surface area contributed by atoms with Crippen molar-refractivity contribution in [3.8, 4) is 0 Å². The van der Waals surface area contributed by atoms with Crippen LogP contribution in [0.2, 0.25) is 0 Å². The first kappa shape index (κ1) is 12.6. The van der Waals surface area contributed by atoms with Gasteiger partial charge < -0.3 is 4.74 Å². The smallest absolute Gasteiger partial charge is 0.327 e. The van der Waals surface area contributed by atoms with Gasteiger partial charge in [0.25, 0.3) is 0 Å². The second-order valence-corrected chi connectivity index (χ2v) is 5.31. The number of hydrogen-bond acceptors (Lipinski definition) is 4. The van der Waals surface area contributed by atoms with E-state index in [1.54, 1.807) is 0 Å². The summed E-state index contributed by atoms with van der Waals surface area (Å²) >= 11 is 0. The maximum atomic E-state index is 11.1. The molecular weight excluding hydrogens is 218 g/mol. The molecule has 0 aromatic carbocycles. The van der Waals surface area contributed by atoms with Crippen LogP contribution in [0.25, 0.3) is 0 Å². The van der Waals surface area contributed by atoms with Crippen LogP contribution in [0.1, 0.15) is 39.0 Å². The molecule has 4 heteroatoms. The zero-order valence-corrected chi connectivity index (χ0v) is 10.5. The molecule has 1 aliphatic heterocycles. The monoisotopic (exact) mass is 239 g/mol. The van der Waals surface area contributed by atoms with Gasteiger partial charge in [-0.2, -0.15) is 0 Å². The summed E-state index contributed by atoms with van der Waals surface area (Å²) in [7, 11) is 0. The standard InChI is InChI=1S/C13H21NO3/c1-2-10-3-5-11(6-4-10)7-14-8-12(15)17-13(16)9-14/h10-11H,2-9H2,1H3. The lowest BCUT2D eigenvalue weighted by Gasteiger charge is -2.32. The summed E-state index contributed by atoms with van der Waals surface area (Å²) in [6.45, 7) is 3.68. The normalized spacial score (nSPS) is 31.4. The van der Waals surface area contributed by atoms with E-state index in [1.165, 1.54) is 32.1 Å². The van der Waals surface area contributed by atoms with Crippen molar-refractivity contribution in [1.29, 1.82) is 0 Å². The van der Waals surface area contributed by atoms with Gasteiger partial charge in [0.1, 0.15) is 0 Å². The molecule has 0 bridgehead atoms. The largest absolute Gasteiger partial charge is 0.391 e. The fourth-order valence-corrected chi connectivity index (χ4v) is 2.93. The first-order chi connectivity index (χ1) is 8.17. The van der Waals surface area contributed by atoms with Gasteiger partial charge in [0.05, 0.1) is 13.1 Å². The molecule has 0 unspecified atom stereocenters. The van der Waals surface area contributed by atoms with Gasteiger partial charge in [-0.25, -0.2) is 0 Å². The van der Waals surface area contributed by atoms with Crippen LogP contribution in [0.15, 0.2) is 0 Å². The highest BCUT2D eigenvalue weighted by Gasteiger charge is 2.28. The van der Waals surface area contributed by atoms with E-state index in [9.17, 15) is 9.59 Å². The number of nitrogens with zero attached hydrogens (tertiary/aromatic N) is 1. The van der Waals surface area contributed by atoms with Crippen molar-refractivity contribution < 1.29 is 14.3 Å². The third kappa shape index (κ3) is 3.53. The van der Waals surface area contributed by atoms with Gasteiger partial charge in [0.2, 0.25) is 0 Å². The number of hydrogen-bond donors (Lipinski definition) is 0. The molecule has 0 spiro atoms. The summed E-state index contributed by atoms with van der Waals surface area (Å²) in [5.41, 5.74) is 0. The van der Waals surface area contributed by atoms with E-state index in [4.69, 9.17) is 0 Å². The number of carbonyl (C=O) groups excluding carboxylic acids is 2. The number of ether oxygens (including phenoxy) is 1. The van der Waals surface area contributed by atoms with Crippen molar-refractivity contribution in [3.05, 3.63) is 0 Å². The van der Waals surface area contributed by atoms with Crippen molar-refractivity contribution in [3.63, 3.8) is 0 Å². The molecule has 0 radical (unpaired) electrons. The lowest BCUT2D eigenvalue weighted by molar-refractivity contribution is -0.167. The van der Waals surface area contributed by atoms with Crippen molar-refractivity contribution in [2.24, 2.45) is 11.8 Å². The topological polar surface area (TPSA) is 46.6 Å². The van der Waals surface area contributed by atoms with E-state index >= 15 is 0 Å². The number of rotatable bonds is 3.